The predicted octanol–water partition coefficient (Wildman–Crippen LogP) is 2.07. The SMILES string of the molecule is COCCOCC1CCN(C(=O)c2ccc(C#N)cc2)CC1. The maximum atomic E-state index is 12.4. The first-order chi connectivity index (χ1) is 10.7. The first kappa shape index (κ1) is 16.5. The molecule has 1 saturated heterocycles. The van der Waals surface area contributed by atoms with E-state index in [0.29, 0.717) is 30.3 Å². The van der Waals surface area contributed by atoms with Crippen molar-refractivity contribution in [3.05, 3.63) is 35.4 Å². The fourth-order valence-corrected chi connectivity index (χ4v) is 2.56. The number of nitrogens with zero attached hydrogens (tertiary/aromatic N) is 2. The molecular formula is C17H22N2O3. The topological polar surface area (TPSA) is 62.6 Å². The van der Waals surface area contributed by atoms with Gasteiger partial charge in [-0.1, -0.05) is 0 Å². The van der Waals surface area contributed by atoms with Gasteiger partial charge in [-0.25, -0.2) is 0 Å². The summed E-state index contributed by atoms with van der Waals surface area (Å²) < 4.78 is 10.5. The molecule has 2 rings (SSSR count). The number of piperidine rings is 1. The van der Waals surface area contributed by atoms with Gasteiger partial charge in [-0.15, -0.1) is 0 Å². The molecule has 1 heterocycles. The van der Waals surface area contributed by atoms with Gasteiger partial charge in [0, 0.05) is 32.4 Å². The molecule has 0 atom stereocenters. The molecule has 1 aromatic carbocycles. The number of carbonyl (C=O) groups is 1. The number of amides is 1. The fourth-order valence-electron chi connectivity index (χ4n) is 2.56. The highest BCUT2D eigenvalue weighted by Gasteiger charge is 2.23. The van der Waals surface area contributed by atoms with Crippen LogP contribution in [-0.2, 0) is 9.47 Å². The maximum Gasteiger partial charge on any atom is 0.253 e. The summed E-state index contributed by atoms with van der Waals surface area (Å²) in [4.78, 5) is 14.3. The summed E-state index contributed by atoms with van der Waals surface area (Å²) in [6.45, 7) is 3.51. The number of carbonyl (C=O) groups excluding carboxylic acids is 1. The monoisotopic (exact) mass is 302 g/mol. The molecule has 5 heteroatoms. The Morgan fingerprint density at radius 3 is 2.55 bits per heavy atom. The van der Waals surface area contributed by atoms with Crippen LogP contribution in [0.4, 0.5) is 0 Å². The summed E-state index contributed by atoms with van der Waals surface area (Å²) >= 11 is 0. The molecule has 22 heavy (non-hydrogen) atoms. The molecule has 5 nitrogen and oxygen atoms in total. The van der Waals surface area contributed by atoms with Crippen LogP contribution in [-0.4, -0.2) is 50.8 Å². The fraction of sp³-hybridized carbons (Fsp3) is 0.529. The summed E-state index contributed by atoms with van der Waals surface area (Å²) in [5.74, 6) is 0.560. The van der Waals surface area contributed by atoms with Gasteiger partial charge in [0.15, 0.2) is 0 Å². The van der Waals surface area contributed by atoms with E-state index in [0.717, 1.165) is 32.5 Å². The number of methoxy groups -OCH3 is 1. The van der Waals surface area contributed by atoms with Gasteiger partial charge in [0.25, 0.3) is 5.91 Å². The average Bonchev–Trinajstić information content (AvgIpc) is 2.59. The minimum atomic E-state index is 0.0447. The molecule has 1 fully saturated rings. The summed E-state index contributed by atoms with van der Waals surface area (Å²) in [5, 5.41) is 8.78. The van der Waals surface area contributed by atoms with Crippen LogP contribution in [0.5, 0.6) is 0 Å². The van der Waals surface area contributed by atoms with Crippen LogP contribution < -0.4 is 0 Å². The van der Waals surface area contributed by atoms with Gasteiger partial charge in [0.1, 0.15) is 0 Å². The van der Waals surface area contributed by atoms with Crippen LogP contribution >= 0.6 is 0 Å². The van der Waals surface area contributed by atoms with Crippen molar-refractivity contribution >= 4 is 5.91 Å². The highest BCUT2D eigenvalue weighted by atomic mass is 16.5. The van der Waals surface area contributed by atoms with E-state index in [1.807, 2.05) is 4.90 Å². The van der Waals surface area contributed by atoms with Crippen LogP contribution in [0.3, 0.4) is 0 Å². The van der Waals surface area contributed by atoms with Gasteiger partial charge < -0.3 is 14.4 Å². The number of likely N-dealkylation sites (tertiary alicyclic amines) is 1. The van der Waals surface area contributed by atoms with E-state index in [-0.39, 0.29) is 5.91 Å². The third-order valence-electron chi connectivity index (χ3n) is 3.95. The quantitative estimate of drug-likeness (QED) is 0.755. The van der Waals surface area contributed by atoms with E-state index < -0.39 is 0 Å². The van der Waals surface area contributed by atoms with Gasteiger partial charge >= 0.3 is 0 Å². The Bertz CT molecular complexity index is 514. The smallest absolute Gasteiger partial charge is 0.253 e. The first-order valence-electron chi connectivity index (χ1n) is 7.60. The van der Waals surface area contributed by atoms with Crippen molar-refractivity contribution in [1.29, 1.82) is 5.26 Å². The molecule has 0 radical (unpaired) electrons. The zero-order valence-electron chi connectivity index (χ0n) is 13.0. The Balaban J connectivity index is 1.78. The molecule has 1 amide bonds. The van der Waals surface area contributed by atoms with Crippen molar-refractivity contribution in [2.45, 2.75) is 12.8 Å². The average molecular weight is 302 g/mol. The van der Waals surface area contributed by atoms with E-state index in [4.69, 9.17) is 14.7 Å². The summed E-state index contributed by atoms with van der Waals surface area (Å²) in [6.07, 6.45) is 1.93. The third kappa shape index (κ3) is 4.55. The van der Waals surface area contributed by atoms with Gasteiger partial charge in [0.2, 0.25) is 0 Å². The van der Waals surface area contributed by atoms with Gasteiger partial charge in [0.05, 0.1) is 24.8 Å². The van der Waals surface area contributed by atoms with Crippen molar-refractivity contribution < 1.29 is 14.3 Å². The molecule has 1 aliphatic heterocycles. The van der Waals surface area contributed by atoms with Crippen LogP contribution in [0.15, 0.2) is 24.3 Å². The Morgan fingerprint density at radius 2 is 1.95 bits per heavy atom. The minimum absolute atomic E-state index is 0.0447. The second-order valence-electron chi connectivity index (χ2n) is 5.49. The summed E-state index contributed by atoms with van der Waals surface area (Å²) in [7, 11) is 1.66. The highest BCUT2D eigenvalue weighted by molar-refractivity contribution is 5.94. The second kappa shape index (κ2) is 8.52. The van der Waals surface area contributed by atoms with Gasteiger partial charge in [-0.05, 0) is 43.0 Å². The molecule has 0 unspecified atom stereocenters. The lowest BCUT2D eigenvalue weighted by Crippen LogP contribution is -2.39. The molecule has 0 spiro atoms. The van der Waals surface area contributed by atoms with Crippen LogP contribution in [0.1, 0.15) is 28.8 Å². The molecule has 0 aromatic heterocycles. The van der Waals surface area contributed by atoms with E-state index in [9.17, 15) is 4.79 Å². The van der Waals surface area contributed by atoms with E-state index in [2.05, 4.69) is 6.07 Å². The lowest BCUT2D eigenvalue weighted by molar-refractivity contribution is 0.0327. The van der Waals surface area contributed by atoms with Crippen molar-refractivity contribution in [2.75, 3.05) is 40.0 Å². The lowest BCUT2D eigenvalue weighted by atomic mass is 9.97. The number of benzene rings is 1. The lowest BCUT2D eigenvalue weighted by Gasteiger charge is -2.32. The Hall–Kier alpha value is -1.90. The molecule has 1 aromatic rings. The first-order valence-corrected chi connectivity index (χ1v) is 7.60. The van der Waals surface area contributed by atoms with Crippen molar-refractivity contribution in [3.8, 4) is 6.07 Å². The van der Waals surface area contributed by atoms with Crippen LogP contribution in [0, 0.1) is 17.2 Å². The molecule has 0 saturated carbocycles. The highest BCUT2D eigenvalue weighted by Crippen LogP contribution is 2.19. The number of nitriles is 1. The van der Waals surface area contributed by atoms with E-state index in [1.54, 1.807) is 31.4 Å². The standard InChI is InChI=1S/C17H22N2O3/c1-21-10-11-22-13-15-6-8-19(9-7-15)17(20)16-4-2-14(12-18)3-5-16/h2-5,15H,6-11,13H2,1H3. The van der Waals surface area contributed by atoms with Gasteiger partial charge in [-0.3, -0.25) is 4.79 Å². The number of hydrogen-bond donors (Lipinski definition) is 0. The normalized spacial score (nSPS) is 15.5. The largest absolute Gasteiger partial charge is 0.382 e. The molecule has 118 valence electrons. The van der Waals surface area contributed by atoms with Crippen LogP contribution in [0.25, 0.3) is 0 Å². The minimum Gasteiger partial charge on any atom is -0.382 e. The van der Waals surface area contributed by atoms with Crippen LogP contribution in [0.2, 0.25) is 0 Å². The van der Waals surface area contributed by atoms with Gasteiger partial charge in [-0.2, -0.15) is 5.26 Å². The summed E-state index contributed by atoms with van der Waals surface area (Å²) in [6, 6.07) is 8.87. The third-order valence-corrected chi connectivity index (χ3v) is 3.95. The second-order valence-corrected chi connectivity index (χ2v) is 5.49. The Labute approximate surface area is 131 Å². The summed E-state index contributed by atoms with van der Waals surface area (Å²) in [5.41, 5.74) is 1.22. The molecular weight excluding hydrogens is 280 g/mol. The number of rotatable bonds is 6. The zero-order valence-corrected chi connectivity index (χ0v) is 13.0. The molecule has 0 N–H and O–H groups in total. The number of hydrogen-bond acceptors (Lipinski definition) is 4. The van der Waals surface area contributed by atoms with E-state index >= 15 is 0 Å². The Morgan fingerprint density at radius 1 is 1.27 bits per heavy atom. The zero-order chi connectivity index (χ0) is 15.8. The maximum absolute atomic E-state index is 12.4. The number of ether oxygens (including phenoxy) is 2. The molecule has 1 aliphatic rings. The molecule has 0 bridgehead atoms. The van der Waals surface area contributed by atoms with Crippen molar-refractivity contribution in [1.82, 2.24) is 4.90 Å². The van der Waals surface area contributed by atoms with Crippen molar-refractivity contribution in [3.63, 3.8) is 0 Å². The predicted molar refractivity (Wildman–Crippen MR) is 82.5 cm³/mol. The van der Waals surface area contributed by atoms with E-state index in [1.165, 1.54) is 0 Å². The van der Waals surface area contributed by atoms with Crippen molar-refractivity contribution in [2.24, 2.45) is 5.92 Å². The molecule has 0 aliphatic carbocycles. The Kier molecular flexibility index (Phi) is 6.38.